The van der Waals surface area contributed by atoms with E-state index >= 15 is 0 Å². The Morgan fingerprint density at radius 2 is 1.65 bits per heavy atom. The molecule has 1 fully saturated rings. The summed E-state index contributed by atoms with van der Waals surface area (Å²) in [5.74, 6) is -1.29. The van der Waals surface area contributed by atoms with Crippen LogP contribution in [0.4, 0.5) is 4.39 Å². The van der Waals surface area contributed by atoms with Gasteiger partial charge < -0.3 is 4.90 Å². The maximum atomic E-state index is 13.7. The summed E-state index contributed by atoms with van der Waals surface area (Å²) in [5.41, 5.74) is 0.582. The predicted molar refractivity (Wildman–Crippen MR) is 95.5 cm³/mol. The summed E-state index contributed by atoms with van der Waals surface area (Å²) in [7, 11) is 0. The summed E-state index contributed by atoms with van der Waals surface area (Å²) in [6, 6.07) is 14.2. The second-order valence-corrected chi connectivity index (χ2v) is 6.38. The molecule has 0 aromatic heterocycles. The fraction of sp³-hybridized carbons (Fsp3) is 0.286. The van der Waals surface area contributed by atoms with Gasteiger partial charge in [0.2, 0.25) is 5.91 Å². The molecule has 3 rings (SSSR count). The lowest BCUT2D eigenvalue weighted by Gasteiger charge is -2.23. The molecule has 1 heterocycles. The number of halogens is 1. The van der Waals surface area contributed by atoms with Gasteiger partial charge in [-0.2, -0.15) is 0 Å². The number of carbonyl (C=O) groups excluding carboxylic acids is 3. The minimum Gasteiger partial charge on any atom is -0.332 e. The number of Topliss-reactive ketones (excluding diaryl/α,β-unsaturated/α-hetero) is 2. The molecule has 1 aliphatic heterocycles. The summed E-state index contributed by atoms with van der Waals surface area (Å²) >= 11 is 0. The molecule has 134 valence electrons. The van der Waals surface area contributed by atoms with Crippen molar-refractivity contribution in [3.05, 3.63) is 71.5 Å². The second-order valence-electron chi connectivity index (χ2n) is 6.38. The van der Waals surface area contributed by atoms with Gasteiger partial charge in [0.1, 0.15) is 5.82 Å². The molecule has 5 heteroatoms. The average molecular weight is 353 g/mol. The highest BCUT2D eigenvalue weighted by molar-refractivity contribution is 6.03. The Labute approximate surface area is 151 Å². The van der Waals surface area contributed by atoms with Crippen molar-refractivity contribution in [2.24, 2.45) is 0 Å². The van der Waals surface area contributed by atoms with E-state index in [9.17, 15) is 18.8 Å². The Kier molecular flexibility index (Phi) is 5.56. The number of hydrogen-bond acceptors (Lipinski definition) is 3. The molecule has 1 atom stereocenters. The van der Waals surface area contributed by atoms with Crippen molar-refractivity contribution in [1.82, 2.24) is 4.90 Å². The molecule has 2 aromatic carbocycles. The Morgan fingerprint density at radius 1 is 0.962 bits per heavy atom. The predicted octanol–water partition coefficient (Wildman–Crippen LogP) is 3.66. The van der Waals surface area contributed by atoms with E-state index < -0.39 is 17.6 Å². The summed E-state index contributed by atoms with van der Waals surface area (Å²) in [6.45, 7) is 0.510. The van der Waals surface area contributed by atoms with Gasteiger partial charge in [0, 0.05) is 24.9 Å². The van der Waals surface area contributed by atoms with E-state index in [-0.39, 0.29) is 30.1 Å². The molecule has 0 saturated carbocycles. The standard InChI is InChI=1S/C21H20FNO3/c22-17-10-5-4-9-16(17)19(24)12-13-20(25)23-14-6-11-18(23)21(26)15-7-2-1-3-8-15/h1-5,7-10,18H,6,11-14H2. The van der Waals surface area contributed by atoms with Crippen LogP contribution in [0.3, 0.4) is 0 Å². The quantitative estimate of drug-likeness (QED) is 0.745. The van der Waals surface area contributed by atoms with Crippen LogP contribution in [0.15, 0.2) is 54.6 Å². The van der Waals surface area contributed by atoms with Crippen molar-refractivity contribution < 1.29 is 18.8 Å². The molecular formula is C21H20FNO3. The van der Waals surface area contributed by atoms with Crippen molar-refractivity contribution in [3.63, 3.8) is 0 Å². The molecule has 1 amide bonds. The molecule has 2 aromatic rings. The van der Waals surface area contributed by atoms with Crippen LogP contribution in [0.25, 0.3) is 0 Å². The zero-order valence-corrected chi connectivity index (χ0v) is 14.4. The van der Waals surface area contributed by atoms with Gasteiger partial charge in [-0.25, -0.2) is 4.39 Å². The second kappa shape index (κ2) is 8.04. The minimum absolute atomic E-state index is 0.00126. The first-order valence-electron chi connectivity index (χ1n) is 8.74. The van der Waals surface area contributed by atoms with Crippen molar-refractivity contribution in [3.8, 4) is 0 Å². The minimum atomic E-state index is -0.580. The number of ketones is 2. The van der Waals surface area contributed by atoms with Crippen molar-refractivity contribution >= 4 is 17.5 Å². The lowest BCUT2D eigenvalue weighted by atomic mass is 10.0. The van der Waals surface area contributed by atoms with E-state index in [1.54, 1.807) is 35.2 Å². The molecule has 26 heavy (non-hydrogen) atoms. The largest absolute Gasteiger partial charge is 0.332 e. The smallest absolute Gasteiger partial charge is 0.223 e. The van der Waals surface area contributed by atoms with Gasteiger partial charge in [-0.3, -0.25) is 14.4 Å². The highest BCUT2D eigenvalue weighted by atomic mass is 19.1. The van der Waals surface area contributed by atoms with Gasteiger partial charge >= 0.3 is 0 Å². The van der Waals surface area contributed by atoms with E-state index in [1.165, 1.54) is 18.2 Å². The molecule has 0 aliphatic carbocycles. The number of nitrogens with zero attached hydrogens (tertiary/aromatic N) is 1. The third kappa shape index (κ3) is 3.87. The number of likely N-dealkylation sites (tertiary alicyclic amines) is 1. The maximum Gasteiger partial charge on any atom is 0.223 e. The zero-order chi connectivity index (χ0) is 18.5. The average Bonchev–Trinajstić information content (AvgIpc) is 3.16. The van der Waals surface area contributed by atoms with Gasteiger partial charge in [-0.15, -0.1) is 0 Å². The molecule has 1 aliphatic rings. The van der Waals surface area contributed by atoms with Crippen LogP contribution in [0.2, 0.25) is 0 Å². The van der Waals surface area contributed by atoms with E-state index in [0.29, 0.717) is 18.5 Å². The van der Waals surface area contributed by atoms with Crippen LogP contribution in [0.5, 0.6) is 0 Å². The normalized spacial score (nSPS) is 16.5. The van der Waals surface area contributed by atoms with Crippen LogP contribution in [-0.4, -0.2) is 35.0 Å². The van der Waals surface area contributed by atoms with Crippen molar-refractivity contribution in [1.29, 1.82) is 0 Å². The molecule has 1 saturated heterocycles. The fourth-order valence-corrected chi connectivity index (χ4v) is 3.32. The Hall–Kier alpha value is -2.82. The molecule has 0 radical (unpaired) electrons. The third-order valence-corrected chi connectivity index (χ3v) is 4.67. The summed E-state index contributed by atoms with van der Waals surface area (Å²) < 4.78 is 13.7. The van der Waals surface area contributed by atoms with Crippen LogP contribution in [0.1, 0.15) is 46.4 Å². The van der Waals surface area contributed by atoms with Crippen LogP contribution in [-0.2, 0) is 4.79 Å². The summed E-state index contributed by atoms with van der Waals surface area (Å²) in [4.78, 5) is 38.9. The number of amides is 1. The third-order valence-electron chi connectivity index (χ3n) is 4.67. The van der Waals surface area contributed by atoms with E-state index in [0.717, 1.165) is 6.42 Å². The number of hydrogen-bond donors (Lipinski definition) is 0. The molecule has 0 N–H and O–H groups in total. The van der Waals surface area contributed by atoms with Crippen molar-refractivity contribution in [2.75, 3.05) is 6.54 Å². The van der Waals surface area contributed by atoms with Crippen LogP contribution >= 0.6 is 0 Å². The van der Waals surface area contributed by atoms with Gasteiger partial charge in [0.25, 0.3) is 0 Å². The van der Waals surface area contributed by atoms with E-state index in [2.05, 4.69) is 0 Å². The van der Waals surface area contributed by atoms with Crippen LogP contribution in [0, 0.1) is 5.82 Å². The number of carbonyl (C=O) groups is 3. The Morgan fingerprint density at radius 3 is 2.38 bits per heavy atom. The summed E-state index contributed by atoms with van der Waals surface area (Å²) in [5, 5.41) is 0. The van der Waals surface area contributed by atoms with E-state index in [1.807, 2.05) is 6.07 Å². The maximum absolute atomic E-state index is 13.7. The Bertz CT molecular complexity index is 819. The van der Waals surface area contributed by atoms with Crippen molar-refractivity contribution in [2.45, 2.75) is 31.7 Å². The first-order chi connectivity index (χ1) is 12.6. The zero-order valence-electron chi connectivity index (χ0n) is 14.4. The van der Waals surface area contributed by atoms with Gasteiger partial charge in [-0.05, 0) is 25.0 Å². The SMILES string of the molecule is O=C(CCC(=O)N1CCCC1C(=O)c1ccccc1)c1ccccc1F. The number of rotatable bonds is 6. The first kappa shape index (κ1) is 18.0. The fourth-order valence-electron chi connectivity index (χ4n) is 3.32. The summed E-state index contributed by atoms with van der Waals surface area (Å²) in [6.07, 6.45) is 1.30. The van der Waals surface area contributed by atoms with Gasteiger partial charge in [0.05, 0.1) is 11.6 Å². The Balaban J connectivity index is 1.63. The van der Waals surface area contributed by atoms with Gasteiger partial charge in [-0.1, -0.05) is 42.5 Å². The van der Waals surface area contributed by atoms with Crippen LogP contribution < -0.4 is 0 Å². The number of benzene rings is 2. The molecule has 0 spiro atoms. The molecule has 1 unspecified atom stereocenters. The highest BCUT2D eigenvalue weighted by Crippen LogP contribution is 2.23. The monoisotopic (exact) mass is 353 g/mol. The lowest BCUT2D eigenvalue weighted by molar-refractivity contribution is -0.131. The van der Waals surface area contributed by atoms with E-state index in [4.69, 9.17) is 0 Å². The molecular weight excluding hydrogens is 333 g/mol. The molecule has 0 bridgehead atoms. The lowest BCUT2D eigenvalue weighted by Crippen LogP contribution is -2.40. The van der Waals surface area contributed by atoms with Gasteiger partial charge in [0.15, 0.2) is 11.6 Å². The highest BCUT2D eigenvalue weighted by Gasteiger charge is 2.34. The topological polar surface area (TPSA) is 54.5 Å². The molecule has 4 nitrogen and oxygen atoms in total. The first-order valence-corrected chi connectivity index (χ1v) is 8.74.